The molecular formula is C9H13N5O5. The van der Waals surface area contributed by atoms with Gasteiger partial charge in [0.25, 0.3) is 0 Å². The zero-order chi connectivity index (χ0) is 14.6. The molecule has 1 amide bonds. The molecule has 19 heavy (non-hydrogen) atoms. The fourth-order valence-corrected chi connectivity index (χ4v) is 1.23. The number of carbonyl (C=O) groups excluding carboxylic acids is 1. The average molecular weight is 271 g/mol. The Bertz CT molecular complexity index is 499. The van der Waals surface area contributed by atoms with Crippen molar-refractivity contribution in [3.63, 3.8) is 0 Å². The lowest BCUT2D eigenvalue weighted by atomic mass is 10.3. The second-order valence-electron chi connectivity index (χ2n) is 3.86. The van der Waals surface area contributed by atoms with Crippen molar-refractivity contribution in [1.29, 1.82) is 0 Å². The average Bonchev–Trinajstić information content (AvgIpc) is 2.75. The smallest absolute Gasteiger partial charge is 0.328 e. The number of amides is 1. The summed E-state index contributed by atoms with van der Waals surface area (Å²) in [4.78, 5) is 32.9. The molecule has 0 spiro atoms. The molecule has 0 fully saturated rings. The first-order chi connectivity index (χ1) is 8.82. The van der Waals surface area contributed by atoms with Gasteiger partial charge in [-0.15, -0.1) is 5.10 Å². The summed E-state index contributed by atoms with van der Waals surface area (Å²) in [6, 6.07) is -2.07. The molecule has 1 rings (SSSR count). The minimum atomic E-state index is -1.17. The predicted octanol–water partition coefficient (Wildman–Crippen LogP) is -1.55. The fourth-order valence-electron chi connectivity index (χ4n) is 1.23. The first-order valence-corrected chi connectivity index (χ1v) is 5.34. The van der Waals surface area contributed by atoms with E-state index in [9.17, 15) is 14.4 Å². The second kappa shape index (κ2) is 5.89. The Kier molecular flexibility index (Phi) is 4.51. The van der Waals surface area contributed by atoms with E-state index in [1.807, 2.05) is 0 Å². The summed E-state index contributed by atoms with van der Waals surface area (Å²) in [6.07, 6.45) is -0.303. The summed E-state index contributed by atoms with van der Waals surface area (Å²) in [5, 5.41) is 30.0. The molecule has 0 saturated heterocycles. The minimum Gasteiger partial charge on any atom is -0.480 e. The van der Waals surface area contributed by atoms with Gasteiger partial charge in [0.05, 0.1) is 6.42 Å². The highest BCUT2D eigenvalue weighted by Gasteiger charge is 2.22. The number of rotatable bonds is 6. The minimum absolute atomic E-state index is 0.0463. The monoisotopic (exact) mass is 271 g/mol. The number of tetrazole rings is 1. The maximum absolute atomic E-state index is 11.5. The van der Waals surface area contributed by atoms with Gasteiger partial charge in [-0.2, -0.15) is 0 Å². The number of hydrogen-bond acceptors (Lipinski definition) is 6. The van der Waals surface area contributed by atoms with Crippen LogP contribution in [0.3, 0.4) is 0 Å². The van der Waals surface area contributed by atoms with E-state index in [2.05, 4.69) is 20.8 Å². The number of aliphatic carboxylic acids is 2. The molecule has 0 aliphatic carbocycles. The largest absolute Gasteiger partial charge is 0.480 e. The first kappa shape index (κ1) is 14.5. The molecular weight excluding hydrogens is 258 g/mol. The van der Waals surface area contributed by atoms with Crippen LogP contribution in [0.5, 0.6) is 0 Å². The Balaban J connectivity index is 2.73. The van der Waals surface area contributed by atoms with Crippen molar-refractivity contribution >= 4 is 17.8 Å². The molecule has 1 aromatic rings. The van der Waals surface area contributed by atoms with Crippen molar-refractivity contribution < 1.29 is 24.6 Å². The Morgan fingerprint density at radius 3 is 2.42 bits per heavy atom. The topological polar surface area (TPSA) is 147 Å². The molecule has 0 aromatic carbocycles. The van der Waals surface area contributed by atoms with Crippen molar-refractivity contribution in [2.75, 3.05) is 0 Å². The molecule has 10 nitrogen and oxygen atoms in total. The molecule has 0 saturated carbocycles. The van der Waals surface area contributed by atoms with Gasteiger partial charge in [0.15, 0.2) is 5.82 Å². The standard InChI is InChI=1S/C9H13N5O5/c1-4(8(16)17)10-7(15)3-6-11-12-13-14(6)5(2)9(18)19/h4-5H,3H2,1-2H3,(H,10,15)(H,16,17)(H,18,19). The molecule has 1 heterocycles. The van der Waals surface area contributed by atoms with Crippen LogP contribution in [0.25, 0.3) is 0 Å². The highest BCUT2D eigenvalue weighted by atomic mass is 16.4. The zero-order valence-corrected chi connectivity index (χ0v) is 10.3. The number of carboxylic acid groups (broad SMARTS) is 2. The number of carboxylic acids is 2. The molecule has 104 valence electrons. The molecule has 0 radical (unpaired) electrons. The van der Waals surface area contributed by atoms with Gasteiger partial charge in [0, 0.05) is 0 Å². The van der Waals surface area contributed by atoms with Crippen LogP contribution in [0.2, 0.25) is 0 Å². The molecule has 2 atom stereocenters. The van der Waals surface area contributed by atoms with Gasteiger partial charge < -0.3 is 15.5 Å². The van der Waals surface area contributed by atoms with E-state index in [-0.39, 0.29) is 12.2 Å². The van der Waals surface area contributed by atoms with Gasteiger partial charge in [-0.3, -0.25) is 9.59 Å². The van der Waals surface area contributed by atoms with Gasteiger partial charge in [-0.05, 0) is 24.3 Å². The van der Waals surface area contributed by atoms with Gasteiger partial charge >= 0.3 is 11.9 Å². The Labute approximate surface area is 107 Å². The second-order valence-corrected chi connectivity index (χ2v) is 3.86. The maximum atomic E-state index is 11.5. The molecule has 0 aliphatic rings. The third kappa shape index (κ3) is 3.72. The normalized spacial score (nSPS) is 13.6. The van der Waals surface area contributed by atoms with Gasteiger partial charge in [-0.25, -0.2) is 9.48 Å². The number of carbonyl (C=O) groups is 3. The number of nitrogens with one attached hydrogen (secondary N) is 1. The van der Waals surface area contributed by atoms with Crippen LogP contribution in [0, 0.1) is 0 Å². The third-order valence-corrected chi connectivity index (χ3v) is 2.35. The van der Waals surface area contributed by atoms with Crippen LogP contribution in [0.15, 0.2) is 0 Å². The lowest BCUT2D eigenvalue weighted by Crippen LogP contribution is -2.39. The van der Waals surface area contributed by atoms with Crippen LogP contribution in [-0.2, 0) is 20.8 Å². The van der Waals surface area contributed by atoms with Crippen molar-refractivity contribution in [3.8, 4) is 0 Å². The van der Waals surface area contributed by atoms with Crippen molar-refractivity contribution in [1.82, 2.24) is 25.5 Å². The Morgan fingerprint density at radius 1 is 1.26 bits per heavy atom. The van der Waals surface area contributed by atoms with Crippen LogP contribution in [-0.4, -0.2) is 54.3 Å². The highest BCUT2D eigenvalue weighted by Crippen LogP contribution is 2.06. The predicted molar refractivity (Wildman–Crippen MR) is 59.1 cm³/mol. The zero-order valence-electron chi connectivity index (χ0n) is 10.3. The van der Waals surface area contributed by atoms with Crippen molar-refractivity contribution in [2.24, 2.45) is 0 Å². The van der Waals surface area contributed by atoms with E-state index < -0.39 is 29.9 Å². The summed E-state index contributed by atoms with van der Waals surface area (Å²) < 4.78 is 0.993. The summed E-state index contributed by atoms with van der Waals surface area (Å²) in [7, 11) is 0. The number of hydrogen-bond donors (Lipinski definition) is 3. The molecule has 2 unspecified atom stereocenters. The maximum Gasteiger partial charge on any atom is 0.328 e. The van der Waals surface area contributed by atoms with Crippen LogP contribution in [0.4, 0.5) is 0 Å². The van der Waals surface area contributed by atoms with E-state index in [0.29, 0.717) is 0 Å². The molecule has 0 bridgehead atoms. The third-order valence-electron chi connectivity index (χ3n) is 2.35. The van der Waals surface area contributed by atoms with E-state index in [1.54, 1.807) is 0 Å². The van der Waals surface area contributed by atoms with Crippen molar-refractivity contribution in [2.45, 2.75) is 32.4 Å². The molecule has 1 aromatic heterocycles. The number of aromatic nitrogens is 4. The lowest BCUT2D eigenvalue weighted by Gasteiger charge is -2.10. The van der Waals surface area contributed by atoms with Crippen LogP contribution in [0.1, 0.15) is 25.7 Å². The van der Waals surface area contributed by atoms with E-state index >= 15 is 0 Å². The van der Waals surface area contributed by atoms with Gasteiger partial charge in [-0.1, -0.05) is 0 Å². The summed E-state index contributed by atoms with van der Waals surface area (Å²) >= 11 is 0. The summed E-state index contributed by atoms with van der Waals surface area (Å²) in [6.45, 7) is 2.67. The van der Waals surface area contributed by atoms with Gasteiger partial charge in [0.1, 0.15) is 12.1 Å². The number of nitrogens with zero attached hydrogens (tertiary/aromatic N) is 4. The Hall–Kier alpha value is -2.52. The molecule has 10 heteroatoms. The van der Waals surface area contributed by atoms with E-state index in [1.165, 1.54) is 13.8 Å². The SMILES string of the molecule is CC(NC(=O)Cc1nnnn1C(C)C(=O)O)C(=O)O. The van der Waals surface area contributed by atoms with Gasteiger partial charge in [0.2, 0.25) is 5.91 Å². The molecule has 3 N–H and O–H groups in total. The van der Waals surface area contributed by atoms with Crippen molar-refractivity contribution in [3.05, 3.63) is 5.82 Å². The fraction of sp³-hybridized carbons (Fsp3) is 0.556. The quantitative estimate of drug-likeness (QED) is 0.563. The summed E-state index contributed by atoms with van der Waals surface area (Å²) in [5.41, 5.74) is 0. The van der Waals surface area contributed by atoms with E-state index in [4.69, 9.17) is 10.2 Å². The highest BCUT2D eigenvalue weighted by molar-refractivity contribution is 5.84. The molecule has 0 aliphatic heterocycles. The van der Waals surface area contributed by atoms with Crippen LogP contribution >= 0.6 is 0 Å². The lowest BCUT2D eigenvalue weighted by molar-refractivity contribution is -0.141. The van der Waals surface area contributed by atoms with E-state index in [0.717, 1.165) is 4.68 Å². The first-order valence-electron chi connectivity index (χ1n) is 5.34. The Morgan fingerprint density at radius 2 is 1.89 bits per heavy atom. The van der Waals surface area contributed by atoms with Crippen LogP contribution < -0.4 is 5.32 Å². The summed E-state index contributed by atoms with van der Waals surface area (Å²) in [5.74, 6) is -2.88.